The highest BCUT2D eigenvalue weighted by Gasteiger charge is 2.13. The van der Waals surface area contributed by atoms with Crippen LogP contribution in [0.1, 0.15) is 26.3 Å². The minimum absolute atomic E-state index is 0.192. The quantitative estimate of drug-likeness (QED) is 0.515. The summed E-state index contributed by atoms with van der Waals surface area (Å²) in [7, 11) is 3.13. The maximum absolute atomic E-state index is 12.3. The second-order valence-corrected chi connectivity index (χ2v) is 6.32. The molecule has 3 aromatic rings. The highest BCUT2D eigenvalue weighted by atomic mass is 16.2. The molecule has 0 aliphatic carbocycles. The Labute approximate surface area is 168 Å². The lowest BCUT2D eigenvalue weighted by Crippen LogP contribution is -2.20. The van der Waals surface area contributed by atoms with Crippen molar-refractivity contribution in [2.75, 3.05) is 24.7 Å². The summed E-state index contributed by atoms with van der Waals surface area (Å²) >= 11 is 0. The number of hydrogen-bond donors (Lipinski definition) is 4. The van der Waals surface area contributed by atoms with Crippen LogP contribution in [0.15, 0.2) is 54.9 Å². The molecule has 0 atom stereocenters. The summed E-state index contributed by atoms with van der Waals surface area (Å²) in [5.41, 5.74) is 3.15. The summed E-state index contributed by atoms with van der Waals surface area (Å²) in [6.07, 6.45) is 3.24. The van der Waals surface area contributed by atoms with E-state index in [0.717, 1.165) is 5.56 Å². The van der Waals surface area contributed by atoms with Gasteiger partial charge >= 0.3 is 0 Å². The molecule has 2 amide bonds. The predicted molar refractivity (Wildman–Crippen MR) is 113 cm³/mol. The van der Waals surface area contributed by atoms with Crippen molar-refractivity contribution in [3.05, 3.63) is 71.5 Å². The first kappa shape index (κ1) is 19.8. The molecule has 0 saturated heterocycles. The zero-order valence-electron chi connectivity index (χ0n) is 16.4. The number of benzene rings is 1. The molecule has 0 bridgehead atoms. The third kappa shape index (κ3) is 4.86. The van der Waals surface area contributed by atoms with Crippen molar-refractivity contribution >= 4 is 34.8 Å². The predicted octanol–water partition coefficient (Wildman–Crippen LogP) is 2.99. The Kier molecular flexibility index (Phi) is 6.03. The molecule has 1 aromatic carbocycles. The number of aryl methyl sites for hydroxylation is 1. The van der Waals surface area contributed by atoms with Crippen molar-refractivity contribution in [1.29, 1.82) is 0 Å². The minimum atomic E-state index is -0.275. The number of carbonyl (C=O) groups excluding carboxylic acids is 2. The molecular weight excluding hydrogens is 368 g/mol. The summed E-state index contributed by atoms with van der Waals surface area (Å²) in [6, 6.07) is 12.5. The average Bonchev–Trinajstić information content (AvgIpc) is 2.74. The van der Waals surface area contributed by atoms with Gasteiger partial charge in [0.2, 0.25) is 0 Å². The van der Waals surface area contributed by atoms with Crippen molar-refractivity contribution in [3.8, 4) is 0 Å². The molecule has 2 aromatic heterocycles. The van der Waals surface area contributed by atoms with Gasteiger partial charge in [-0.05, 0) is 36.8 Å². The Morgan fingerprint density at radius 2 is 1.59 bits per heavy atom. The van der Waals surface area contributed by atoms with Gasteiger partial charge < -0.3 is 21.3 Å². The Morgan fingerprint density at radius 1 is 0.828 bits per heavy atom. The average molecular weight is 390 g/mol. The smallest absolute Gasteiger partial charge is 0.254 e. The molecular formula is C21H22N6O2. The number of anilines is 4. The number of carbonyl (C=O) groups is 2. The molecule has 0 fully saturated rings. The van der Waals surface area contributed by atoms with E-state index in [9.17, 15) is 9.59 Å². The molecule has 2 heterocycles. The van der Waals surface area contributed by atoms with E-state index < -0.39 is 0 Å². The third-order valence-corrected chi connectivity index (χ3v) is 4.17. The van der Waals surface area contributed by atoms with Crippen LogP contribution in [-0.4, -0.2) is 35.9 Å². The highest BCUT2D eigenvalue weighted by Crippen LogP contribution is 2.25. The monoisotopic (exact) mass is 390 g/mol. The van der Waals surface area contributed by atoms with Crippen molar-refractivity contribution in [2.45, 2.75) is 6.92 Å². The van der Waals surface area contributed by atoms with Gasteiger partial charge in [-0.2, -0.15) is 0 Å². The second kappa shape index (κ2) is 8.83. The van der Waals surface area contributed by atoms with Crippen molar-refractivity contribution in [2.24, 2.45) is 0 Å². The molecule has 8 heteroatoms. The first-order valence-electron chi connectivity index (χ1n) is 9.01. The van der Waals surface area contributed by atoms with Crippen LogP contribution >= 0.6 is 0 Å². The SMILES string of the molecule is CNC(=O)c1cccc(Nc2cc(Nc3ccc(C)cn3)ncc2C(=O)NC)c1. The molecule has 0 aliphatic rings. The maximum Gasteiger partial charge on any atom is 0.254 e. The number of pyridine rings is 2. The fourth-order valence-corrected chi connectivity index (χ4v) is 2.65. The topological polar surface area (TPSA) is 108 Å². The number of hydrogen-bond acceptors (Lipinski definition) is 6. The molecule has 29 heavy (non-hydrogen) atoms. The van der Waals surface area contributed by atoms with Gasteiger partial charge in [-0.25, -0.2) is 9.97 Å². The van der Waals surface area contributed by atoms with E-state index in [1.807, 2.05) is 25.1 Å². The fourth-order valence-electron chi connectivity index (χ4n) is 2.65. The molecule has 0 aliphatic heterocycles. The molecule has 3 rings (SSSR count). The first-order chi connectivity index (χ1) is 14.0. The summed E-state index contributed by atoms with van der Waals surface area (Å²) < 4.78 is 0. The van der Waals surface area contributed by atoms with Crippen LogP contribution in [-0.2, 0) is 0 Å². The van der Waals surface area contributed by atoms with Crippen LogP contribution in [0.3, 0.4) is 0 Å². The summed E-state index contributed by atoms with van der Waals surface area (Å²) in [6.45, 7) is 1.96. The maximum atomic E-state index is 12.3. The van der Waals surface area contributed by atoms with Gasteiger partial charge in [0.25, 0.3) is 11.8 Å². The summed E-state index contributed by atoms with van der Waals surface area (Å²) in [5.74, 6) is 0.701. The van der Waals surface area contributed by atoms with Crippen LogP contribution in [0.4, 0.5) is 23.0 Å². The number of nitrogens with zero attached hydrogens (tertiary/aromatic N) is 2. The summed E-state index contributed by atoms with van der Waals surface area (Å²) in [5, 5.41) is 11.5. The fraction of sp³-hybridized carbons (Fsp3) is 0.143. The Morgan fingerprint density at radius 3 is 2.28 bits per heavy atom. The molecule has 0 unspecified atom stereocenters. The van der Waals surface area contributed by atoms with Crippen LogP contribution in [0.5, 0.6) is 0 Å². The first-order valence-corrected chi connectivity index (χ1v) is 9.01. The van der Waals surface area contributed by atoms with E-state index >= 15 is 0 Å². The molecule has 0 saturated carbocycles. The standard InChI is InChI=1S/C21H22N6O2/c1-13-7-8-18(24-11-13)27-19-10-17(16(12-25-19)21(29)23-3)26-15-6-4-5-14(9-15)20(28)22-2/h4-12H,1-3H3,(H,22,28)(H,23,29)(H2,24,25,26,27). The number of aromatic nitrogens is 2. The van der Waals surface area contributed by atoms with Crippen molar-refractivity contribution in [3.63, 3.8) is 0 Å². The summed E-state index contributed by atoms with van der Waals surface area (Å²) in [4.78, 5) is 32.8. The van der Waals surface area contributed by atoms with E-state index in [1.54, 1.807) is 44.6 Å². The van der Waals surface area contributed by atoms with E-state index in [4.69, 9.17) is 0 Å². The van der Waals surface area contributed by atoms with E-state index in [-0.39, 0.29) is 11.8 Å². The zero-order valence-corrected chi connectivity index (χ0v) is 16.4. The molecule has 4 N–H and O–H groups in total. The van der Waals surface area contributed by atoms with E-state index in [0.29, 0.717) is 34.1 Å². The van der Waals surface area contributed by atoms with Crippen molar-refractivity contribution in [1.82, 2.24) is 20.6 Å². The largest absolute Gasteiger partial charge is 0.355 e. The van der Waals surface area contributed by atoms with Gasteiger partial charge in [-0.15, -0.1) is 0 Å². The van der Waals surface area contributed by atoms with Crippen LogP contribution in [0, 0.1) is 6.92 Å². The lowest BCUT2D eigenvalue weighted by Gasteiger charge is -2.14. The minimum Gasteiger partial charge on any atom is -0.355 e. The second-order valence-electron chi connectivity index (χ2n) is 6.32. The molecule has 148 valence electrons. The Hall–Kier alpha value is -3.94. The van der Waals surface area contributed by atoms with Gasteiger partial charge in [0.15, 0.2) is 0 Å². The van der Waals surface area contributed by atoms with E-state index in [2.05, 4.69) is 31.2 Å². The van der Waals surface area contributed by atoms with Crippen molar-refractivity contribution < 1.29 is 9.59 Å². The van der Waals surface area contributed by atoms with Crippen LogP contribution in [0.2, 0.25) is 0 Å². The third-order valence-electron chi connectivity index (χ3n) is 4.17. The van der Waals surface area contributed by atoms with Gasteiger partial charge in [-0.1, -0.05) is 12.1 Å². The Balaban J connectivity index is 1.93. The van der Waals surface area contributed by atoms with Crippen LogP contribution in [0.25, 0.3) is 0 Å². The van der Waals surface area contributed by atoms with Gasteiger partial charge in [0.05, 0.1) is 11.3 Å². The van der Waals surface area contributed by atoms with Crippen LogP contribution < -0.4 is 21.3 Å². The lowest BCUT2D eigenvalue weighted by atomic mass is 10.1. The number of rotatable bonds is 6. The zero-order chi connectivity index (χ0) is 20.8. The van der Waals surface area contributed by atoms with Gasteiger partial charge in [0, 0.05) is 43.8 Å². The number of amides is 2. The number of nitrogens with one attached hydrogen (secondary N) is 4. The lowest BCUT2D eigenvalue weighted by molar-refractivity contribution is 0.0955. The van der Waals surface area contributed by atoms with Gasteiger partial charge in [-0.3, -0.25) is 9.59 Å². The van der Waals surface area contributed by atoms with Gasteiger partial charge in [0.1, 0.15) is 11.6 Å². The normalized spacial score (nSPS) is 10.2. The molecule has 0 radical (unpaired) electrons. The Bertz CT molecular complexity index is 1030. The highest BCUT2D eigenvalue weighted by molar-refractivity contribution is 6.00. The van der Waals surface area contributed by atoms with E-state index in [1.165, 1.54) is 6.20 Å². The molecule has 8 nitrogen and oxygen atoms in total. The molecule has 0 spiro atoms.